The van der Waals surface area contributed by atoms with Crippen molar-refractivity contribution in [3.05, 3.63) is 29.8 Å². The maximum absolute atomic E-state index is 11.9. The summed E-state index contributed by atoms with van der Waals surface area (Å²) in [7, 11) is 0. The van der Waals surface area contributed by atoms with E-state index in [4.69, 9.17) is 0 Å². The summed E-state index contributed by atoms with van der Waals surface area (Å²) < 4.78 is 0. The molecular weight excluding hydrogens is 222 g/mol. The molecule has 0 saturated carbocycles. The first-order valence-corrected chi connectivity index (χ1v) is 6.65. The monoisotopic (exact) mass is 245 g/mol. The number of nitrogens with zero attached hydrogens (tertiary/aromatic N) is 1. The predicted octanol–water partition coefficient (Wildman–Crippen LogP) is 3.75. The molecule has 1 aliphatic heterocycles. The van der Waals surface area contributed by atoms with Gasteiger partial charge in [-0.15, -0.1) is 0 Å². The first kappa shape index (κ1) is 13.1. The molecular formula is C16H23NO. The fourth-order valence-electron chi connectivity index (χ4n) is 2.75. The SMILES string of the molecule is CC(=O)N1CCC(C)(C)C(C)(C)c2ccccc21. The van der Waals surface area contributed by atoms with Crippen molar-refractivity contribution in [1.29, 1.82) is 0 Å². The molecule has 0 radical (unpaired) electrons. The zero-order chi connectivity index (χ0) is 13.6. The van der Waals surface area contributed by atoms with E-state index in [9.17, 15) is 4.79 Å². The molecule has 0 saturated heterocycles. The van der Waals surface area contributed by atoms with Crippen LogP contribution in [-0.2, 0) is 10.2 Å². The quantitative estimate of drug-likeness (QED) is 0.681. The van der Waals surface area contributed by atoms with Gasteiger partial charge < -0.3 is 4.90 Å². The van der Waals surface area contributed by atoms with Crippen LogP contribution < -0.4 is 4.90 Å². The van der Waals surface area contributed by atoms with E-state index in [1.54, 1.807) is 6.92 Å². The maximum Gasteiger partial charge on any atom is 0.223 e. The predicted molar refractivity (Wildman–Crippen MR) is 75.9 cm³/mol. The Kier molecular flexibility index (Phi) is 3.00. The Morgan fingerprint density at radius 2 is 1.78 bits per heavy atom. The summed E-state index contributed by atoms with van der Waals surface area (Å²) >= 11 is 0. The van der Waals surface area contributed by atoms with Gasteiger partial charge in [-0.05, 0) is 28.9 Å². The fraction of sp³-hybridized carbons (Fsp3) is 0.562. The summed E-state index contributed by atoms with van der Waals surface area (Å²) in [6, 6.07) is 8.32. The number of anilines is 1. The molecule has 2 heteroatoms. The van der Waals surface area contributed by atoms with Crippen LogP contribution in [0.4, 0.5) is 5.69 Å². The number of carbonyl (C=O) groups excluding carboxylic acids is 1. The summed E-state index contributed by atoms with van der Waals surface area (Å²) in [5, 5.41) is 0. The normalized spacial score (nSPS) is 21.1. The van der Waals surface area contributed by atoms with Crippen molar-refractivity contribution in [3.63, 3.8) is 0 Å². The molecule has 0 aliphatic carbocycles. The highest BCUT2D eigenvalue weighted by molar-refractivity contribution is 5.92. The topological polar surface area (TPSA) is 20.3 Å². The highest BCUT2D eigenvalue weighted by atomic mass is 16.2. The second kappa shape index (κ2) is 4.11. The summed E-state index contributed by atoms with van der Waals surface area (Å²) in [5.74, 6) is 0.135. The van der Waals surface area contributed by atoms with Gasteiger partial charge in [0.25, 0.3) is 0 Å². The highest BCUT2D eigenvalue weighted by Gasteiger charge is 2.42. The van der Waals surface area contributed by atoms with Gasteiger partial charge in [0, 0.05) is 19.2 Å². The number of rotatable bonds is 0. The number of carbonyl (C=O) groups is 1. The van der Waals surface area contributed by atoms with Gasteiger partial charge in [-0.3, -0.25) is 4.79 Å². The number of fused-ring (bicyclic) bond motifs is 1. The number of para-hydroxylation sites is 1. The van der Waals surface area contributed by atoms with E-state index in [0.29, 0.717) is 0 Å². The van der Waals surface area contributed by atoms with Crippen LogP contribution in [0.25, 0.3) is 0 Å². The van der Waals surface area contributed by atoms with Crippen LogP contribution in [0.1, 0.15) is 46.6 Å². The van der Waals surface area contributed by atoms with Crippen LogP contribution >= 0.6 is 0 Å². The molecule has 18 heavy (non-hydrogen) atoms. The first-order chi connectivity index (χ1) is 8.27. The van der Waals surface area contributed by atoms with Crippen LogP contribution in [0, 0.1) is 5.41 Å². The molecule has 1 heterocycles. The van der Waals surface area contributed by atoms with E-state index in [1.165, 1.54) is 5.56 Å². The van der Waals surface area contributed by atoms with Crippen LogP contribution in [0.2, 0.25) is 0 Å². The van der Waals surface area contributed by atoms with Crippen molar-refractivity contribution < 1.29 is 4.79 Å². The molecule has 2 rings (SSSR count). The van der Waals surface area contributed by atoms with Gasteiger partial charge >= 0.3 is 0 Å². The lowest BCUT2D eigenvalue weighted by Crippen LogP contribution is -2.36. The smallest absolute Gasteiger partial charge is 0.223 e. The number of amides is 1. The Hall–Kier alpha value is -1.31. The summed E-state index contributed by atoms with van der Waals surface area (Å²) in [5.41, 5.74) is 2.60. The van der Waals surface area contributed by atoms with Gasteiger partial charge in [-0.25, -0.2) is 0 Å². The molecule has 0 bridgehead atoms. The average molecular weight is 245 g/mol. The largest absolute Gasteiger partial charge is 0.312 e. The molecule has 1 amide bonds. The molecule has 0 unspecified atom stereocenters. The van der Waals surface area contributed by atoms with Gasteiger partial charge in [0.15, 0.2) is 0 Å². The minimum absolute atomic E-state index is 0.0633. The van der Waals surface area contributed by atoms with E-state index in [2.05, 4.69) is 45.9 Å². The third-order valence-electron chi connectivity index (χ3n) is 4.90. The van der Waals surface area contributed by atoms with E-state index in [0.717, 1.165) is 18.7 Å². The third kappa shape index (κ3) is 1.84. The molecule has 0 atom stereocenters. The van der Waals surface area contributed by atoms with Gasteiger partial charge in [0.05, 0.1) is 0 Å². The fourth-order valence-corrected chi connectivity index (χ4v) is 2.75. The van der Waals surface area contributed by atoms with Gasteiger partial charge in [-0.2, -0.15) is 0 Å². The minimum atomic E-state index is 0.0633. The Morgan fingerprint density at radius 3 is 2.39 bits per heavy atom. The molecule has 0 aromatic heterocycles. The molecule has 0 spiro atoms. The first-order valence-electron chi connectivity index (χ1n) is 6.65. The van der Waals surface area contributed by atoms with Crippen LogP contribution in [0.3, 0.4) is 0 Å². The lowest BCUT2D eigenvalue weighted by Gasteiger charge is -2.41. The Labute approximate surface area is 110 Å². The Bertz CT molecular complexity index is 474. The Morgan fingerprint density at radius 1 is 1.17 bits per heavy atom. The van der Waals surface area contributed by atoms with E-state index in [-0.39, 0.29) is 16.7 Å². The van der Waals surface area contributed by atoms with Crippen molar-refractivity contribution in [2.45, 2.75) is 46.5 Å². The zero-order valence-electron chi connectivity index (χ0n) is 12.1. The minimum Gasteiger partial charge on any atom is -0.312 e. The van der Waals surface area contributed by atoms with Crippen molar-refractivity contribution in [2.75, 3.05) is 11.4 Å². The second-order valence-electron chi connectivity index (χ2n) is 6.45. The number of hydrogen-bond donors (Lipinski definition) is 0. The number of benzene rings is 1. The number of hydrogen-bond acceptors (Lipinski definition) is 1. The van der Waals surface area contributed by atoms with Gasteiger partial charge in [0.2, 0.25) is 5.91 Å². The zero-order valence-corrected chi connectivity index (χ0v) is 12.1. The van der Waals surface area contributed by atoms with E-state index in [1.807, 2.05) is 11.0 Å². The molecule has 98 valence electrons. The van der Waals surface area contributed by atoms with Gasteiger partial charge in [0.1, 0.15) is 0 Å². The lowest BCUT2D eigenvalue weighted by atomic mass is 9.63. The highest BCUT2D eigenvalue weighted by Crippen LogP contribution is 2.49. The van der Waals surface area contributed by atoms with Crippen molar-refractivity contribution in [1.82, 2.24) is 0 Å². The molecule has 0 fully saturated rings. The molecule has 1 aromatic rings. The van der Waals surface area contributed by atoms with Crippen LogP contribution in [0.15, 0.2) is 24.3 Å². The lowest BCUT2D eigenvalue weighted by molar-refractivity contribution is -0.116. The standard InChI is InChI=1S/C16H23NO/c1-12(18)17-11-10-15(2,3)16(4,5)13-8-6-7-9-14(13)17/h6-9H,10-11H2,1-5H3. The Balaban J connectivity index is 2.65. The summed E-state index contributed by atoms with van der Waals surface area (Å²) in [4.78, 5) is 13.8. The van der Waals surface area contributed by atoms with Crippen LogP contribution in [-0.4, -0.2) is 12.5 Å². The molecule has 0 N–H and O–H groups in total. The van der Waals surface area contributed by atoms with E-state index < -0.39 is 0 Å². The molecule has 1 aliphatic rings. The van der Waals surface area contributed by atoms with Crippen molar-refractivity contribution in [3.8, 4) is 0 Å². The van der Waals surface area contributed by atoms with Crippen molar-refractivity contribution >= 4 is 11.6 Å². The van der Waals surface area contributed by atoms with Gasteiger partial charge in [-0.1, -0.05) is 45.9 Å². The maximum atomic E-state index is 11.9. The van der Waals surface area contributed by atoms with E-state index >= 15 is 0 Å². The van der Waals surface area contributed by atoms with Crippen LogP contribution in [0.5, 0.6) is 0 Å². The second-order valence-corrected chi connectivity index (χ2v) is 6.45. The molecule has 2 nitrogen and oxygen atoms in total. The third-order valence-corrected chi connectivity index (χ3v) is 4.90. The van der Waals surface area contributed by atoms with Crippen molar-refractivity contribution in [2.24, 2.45) is 5.41 Å². The summed E-state index contributed by atoms with van der Waals surface area (Å²) in [6.45, 7) is 11.6. The average Bonchev–Trinajstić information content (AvgIpc) is 2.35. The molecule has 1 aromatic carbocycles. The summed E-state index contributed by atoms with van der Waals surface area (Å²) in [6.07, 6.45) is 1.02.